The molecule has 2 aromatic rings. The van der Waals surface area contributed by atoms with E-state index in [0.29, 0.717) is 35.7 Å². The summed E-state index contributed by atoms with van der Waals surface area (Å²) in [5.41, 5.74) is 1.48. The zero-order valence-electron chi connectivity index (χ0n) is 17.9. The van der Waals surface area contributed by atoms with Gasteiger partial charge in [0.1, 0.15) is 5.75 Å². The summed E-state index contributed by atoms with van der Waals surface area (Å²) in [7, 11) is -2.10. The van der Waals surface area contributed by atoms with Crippen LogP contribution in [0.5, 0.6) is 5.75 Å². The molecule has 1 aliphatic rings. The van der Waals surface area contributed by atoms with Gasteiger partial charge in [0, 0.05) is 29.9 Å². The standard InChI is InChI=1S/C23H28N2O5S/c1-17(26)18-10-11-22(30-2)19(14-18)15-23(27)24-20-8-7-9-21(16-20)31(28,29)25-12-5-3-4-6-13-25/h7-11,14,16H,3-6,12-13,15H2,1-2H3,(H,24,27). The van der Waals surface area contributed by atoms with E-state index in [0.717, 1.165) is 25.7 Å². The van der Waals surface area contributed by atoms with Gasteiger partial charge in [0.2, 0.25) is 15.9 Å². The van der Waals surface area contributed by atoms with Crippen LogP contribution in [-0.2, 0) is 21.2 Å². The quantitative estimate of drug-likeness (QED) is 0.658. The van der Waals surface area contributed by atoms with Crippen molar-refractivity contribution in [3.05, 3.63) is 53.6 Å². The first kappa shape index (κ1) is 23.0. The topological polar surface area (TPSA) is 92.8 Å². The number of nitrogens with one attached hydrogen (secondary N) is 1. The predicted octanol–water partition coefficient (Wildman–Crippen LogP) is 3.64. The first-order valence-electron chi connectivity index (χ1n) is 10.4. The van der Waals surface area contributed by atoms with E-state index < -0.39 is 10.0 Å². The summed E-state index contributed by atoms with van der Waals surface area (Å²) < 4.78 is 32.9. The minimum Gasteiger partial charge on any atom is -0.496 e. The number of carbonyl (C=O) groups excluding carboxylic acids is 2. The number of benzene rings is 2. The molecule has 1 heterocycles. The number of carbonyl (C=O) groups is 2. The highest BCUT2D eigenvalue weighted by Gasteiger charge is 2.25. The fraction of sp³-hybridized carbons (Fsp3) is 0.391. The Morgan fingerprint density at radius 3 is 2.39 bits per heavy atom. The van der Waals surface area contributed by atoms with Gasteiger partial charge >= 0.3 is 0 Å². The lowest BCUT2D eigenvalue weighted by atomic mass is 10.0. The average molecular weight is 445 g/mol. The number of rotatable bonds is 7. The highest BCUT2D eigenvalue weighted by atomic mass is 32.2. The Labute approximate surface area is 183 Å². The second kappa shape index (κ2) is 10.1. The van der Waals surface area contributed by atoms with Crippen molar-refractivity contribution in [2.75, 3.05) is 25.5 Å². The summed E-state index contributed by atoms with van der Waals surface area (Å²) in [5.74, 6) is 0.0803. The largest absolute Gasteiger partial charge is 0.496 e. The molecule has 1 saturated heterocycles. The second-order valence-corrected chi connectivity index (χ2v) is 9.59. The smallest absolute Gasteiger partial charge is 0.243 e. The first-order chi connectivity index (χ1) is 14.8. The molecule has 0 aromatic heterocycles. The number of ketones is 1. The number of hydrogen-bond acceptors (Lipinski definition) is 5. The Hall–Kier alpha value is -2.71. The van der Waals surface area contributed by atoms with Crippen LogP contribution >= 0.6 is 0 Å². The lowest BCUT2D eigenvalue weighted by molar-refractivity contribution is -0.115. The van der Waals surface area contributed by atoms with Gasteiger partial charge in [0.25, 0.3) is 0 Å². The number of nitrogens with zero attached hydrogens (tertiary/aromatic N) is 1. The molecule has 8 heteroatoms. The van der Waals surface area contributed by atoms with E-state index in [9.17, 15) is 18.0 Å². The number of hydrogen-bond donors (Lipinski definition) is 1. The van der Waals surface area contributed by atoms with Crippen LogP contribution in [0.3, 0.4) is 0 Å². The van der Waals surface area contributed by atoms with Crippen LogP contribution in [0.25, 0.3) is 0 Å². The van der Waals surface area contributed by atoms with Crippen LogP contribution in [0, 0.1) is 0 Å². The van der Waals surface area contributed by atoms with Crippen LogP contribution < -0.4 is 10.1 Å². The van der Waals surface area contributed by atoms with Crippen LogP contribution in [0.15, 0.2) is 47.4 Å². The van der Waals surface area contributed by atoms with Gasteiger partial charge in [-0.15, -0.1) is 0 Å². The van der Waals surface area contributed by atoms with Gasteiger partial charge in [-0.25, -0.2) is 8.42 Å². The van der Waals surface area contributed by atoms with Crippen molar-refractivity contribution >= 4 is 27.4 Å². The summed E-state index contributed by atoms with van der Waals surface area (Å²) in [6, 6.07) is 11.3. The molecular weight excluding hydrogens is 416 g/mol. The molecule has 1 N–H and O–H groups in total. The second-order valence-electron chi connectivity index (χ2n) is 7.65. The van der Waals surface area contributed by atoms with Gasteiger partial charge in [0.05, 0.1) is 18.4 Å². The molecule has 0 radical (unpaired) electrons. The van der Waals surface area contributed by atoms with E-state index in [4.69, 9.17) is 4.74 Å². The Morgan fingerprint density at radius 1 is 1.03 bits per heavy atom. The highest BCUT2D eigenvalue weighted by Crippen LogP contribution is 2.24. The first-order valence-corrected chi connectivity index (χ1v) is 11.8. The van der Waals surface area contributed by atoms with Crippen molar-refractivity contribution in [2.45, 2.75) is 43.9 Å². The van der Waals surface area contributed by atoms with Crippen molar-refractivity contribution < 1.29 is 22.7 Å². The Morgan fingerprint density at radius 2 is 1.74 bits per heavy atom. The third-order valence-electron chi connectivity index (χ3n) is 5.36. The third kappa shape index (κ3) is 5.71. The number of sulfonamides is 1. The van der Waals surface area contributed by atoms with Crippen molar-refractivity contribution in [3.63, 3.8) is 0 Å². The van der Waals surface area contributed by atoms with E-state index >= 15 is 0 Å². The highest BCUT2D eigenvalue weighted by molar-refractivity contribution is 7.89. The van der Waals surface area contributed by atoms with Crippen LogP contribution in [0.2, 0.25) is 0 Å². The summed E-state index contributed by atoms with van der Waals surface area (Å²) in [6.07, 6.45) is 3.79. The van der Waals surface area contributed by atoms with E-state index in [1.165, 1.54) is 24.4 Å². The molecule has 1 aliphatic heterocycles. The van der Waals surface area contributed by atoms with E-state index in [-0.39, 0.29) is 23.0 Å². The maximum atomic E-state index is 13.0. The lowest BCUT2D eigenvalue weighted by Crippen LogP contribution is -2.32. The number of amides is 1. The lowest BCUT2D eigenvalue weighted by Gasteiger charge is -2.20. The number of Topliss-reactive ketones (excluding diaryl/α,β-unsaturated/α-hetero) is 1. The number of ether oxygens (including phenoxy) is 1. The molecule has 3 rings (SSSR count). The van der Waals surface area contributed by atoms with Crippen molar-refractivity contribution in [3.8, 4) is 5.75 Å². The summed E-state index contributed by atoms with van der Waals surface area (Å²) in [5, 5.41) is 2.76. The SMILES string of the molecule is COc1ccc(C(C)=O)cc1CC(=O)Nc1cccc(S(=O)(=O)N2CCCCCC2)c1. The van der Waals surface area contributed by atoms with Gasteiger partial charge in [-0.2, -0.15) is 4.31 Å². The molecule has 2 aromatic carbocycles. The Bertz CT molecular complexity index is 1060. The van der Waals surface area contributed by atoms with Crippen molar-refractivity contribution in [1.29, 1.82) is 0 Å². The van der Waals surface area contributed by atoms with Gasteiger partial charge in [0.15, 0.2) is 5.78 Å². The molecular formula is C23H28N2O5S. The van der Waals surface area contributed by atoms with Gasteiger partial charge in [-0.1, -0.05) is 18.9 Å². The van der Waals surface area contributed by atoms with Crippen LogP contribution in [-0.4, -0.2) is 44.6 Å². The summed E-state index contributed by atoms with van der Waals surface area (Å²) in [6.45, 7) is 2.50. The Balaban J connectivity index is 1.76. The molecule has 0 unspecified atom stereocenters. The zero-order chi connectivity index (χ0) is 22.4. The minimum atomic E-state index is -3.60. The number of methoxy groups -OCH3 is 1. The Kier molecular flexibility index (Phi) is 7.46. The molecule has 0 aliphatic carbocycles. The maximum absolute atomic E-state index is 13.0. The van der Waals surface area contributed by atoms with E-state index in [2.05, 4.69) is 5.32 Å². The fourth-order valence-electron chi connectivity index (χ4n) is 3.68. The van der Waals surface area contributed by atoms with Gasteiger partial charge in [-0.3, -0.25) is 9.59 Å². The van der Waals surface area contributed by atoms with Crippen molar-refractivity contribution in [2.24, 2.45) is 0 Å². The maximum Gasteiger partial charge on any atom is 0.243 e. The van der Waals surface area contributed by atoms with E-state index in [1.54, 1.807) is 36.4 Å². The molecule has 1 fully saturated rings. The average Bonchev–Trinajstić information content (AvgIpc) is 3.04. The fourth-order valence-corrected chi connectivity index (χ4v) is 5.24. The number of anilines is 1. The zero-order valence-corrected chi connectivity index (χ0v) is 18.7. The molecule has 0 bridgehead atoms. The molecule has 1 amide bonds. The molecule has 31 heavy (non-hydrogen) atoms. The summed E-state index contributed by atoms with van der Waals surface area (Å²) >= 11 is 0. The molecule has 7 nitrogen and oxygen atoms in total. The molecule has 166 valence electrons. The van der Waals surface area contributed by atoms with Crippen LogP contribution in [0.1, 0.15) is 48.5 Å². The van der Waals surface area contributed by atoms with Crippen LogP contribution in [0.4, 0.5) is 5.69 Å². The monoisotopic (exact) mass is 444 g/mol. The summed E-state index contributed by atoms with van der Waals surface area (Å²) in [4.78, 5) is 24.5. The molecule has 0 saturated carbocycles. The van der Waals surface area contributed by atoms with Gasteiger partial charge < -0.3 is 10.1 Å². The molecule has 0 spiro atoms. The normalized spacial score (nSPS) is 15.2. The van der Waals surface area contributed by atoms with E-state index in [1.807, 2.05) is 0 Å². The predicted molar refractivity (Wildman–Crippen MR) is 119 cm³/mol. The third-order valence-corrected chi connectivity index (χ3v) is 7.25. The molecule has 0 atom stereocenters. The van der Waals surface area contributed by atoms with Crippen molar-refractivity contribution in [1.82, 2.24) is 4.31 Å². The minimum absolute atomic E-state index is 0.00655. The van der Waals surface area contributed by atoms with Gasteiger partial charge in [-0.05, 0) is 56.2 Å².